The zero-order valence-electron chi connectivity index (χ0n) is 33.7. The van der Waals surface area contributed by atoms with Gasteiger partial charge in [0.2, 0.25) is 0 Å². The fourth-order valence-electron chi connectivity index (χ4n) is 10.8. The Labute approximate surface area is 338 Å². The molecule has 0 amide bonds. The maximum atomic E-state index is 2.61. The van der Waals surface area contributed by atoms with E-state index in [1.165, 1.54) is 71.8 Å². The van der Waals surface area contributed by atoms with Crippen molar-refractivity contribution in [2.45, 2.75) is 43.9 Å². The van der Waals surface area contributed by atoms with Gasteiger partial charge in [0.25, 0.3) is 0 Å². The van der Waals surface area contributed by atoms with Crippen LogP contribution in [0.25, 0.3) is 60.5 Å². The van der Waals surface area contributed by atoms with Crippen molar-refractivity contribution < 1.29 is 0 Å². The smallest absolute Gasteiger partial charge is 0.0579 e. The zero-order valence-corrected chi connectivity index (χ0v) is 35.7. The fraction of sp³-hybridized carbons (Fsp3) is 0.132. The van der Waals surface area contributed by atoms with Gasteiger partial charge in [0, 0.05) is 38.2 Å². The minimum atomic E-state index is -1.90. The van der Waals surface area contributed by atoms with Crippen molar-refractivity contribution in [1.29, 1.82) is 0 Å². The second kappa shape index (κ2) is 13.1. The van der Waals surface area contributed by atoms with Crippen LogP contribution in [0.3, 0.4) is 0 Å². The second-order valence-corrected chi connectivity index (χ2v) is 28.8. The Hall–Kier alpha value is -5.95. The minimum Gasteiger partial charge on any atom is -0.310 e. The lowest BCUT2D eigenvalue weighted by molar-refractivity contribution is 0.961. The molecule has 278 valence electrons. The number of para-hydroxylation sites is 3. The van der Waals surface area contributed by atoms with Crippen molar-refractivity contribution in [2.75, 3.05) is 4.90 Å². The van der Waals surface area contributed by atoms with Crippen LogP contribution in [0.15, 0.2) is 182 Å². The molecule has 1 aliphatic carbocycles. The first kappa shape index (κ1) is 35.5. The van der Waals surface area contributed by atoms with Crippen LogP contribution >= 0.6 is 0 Å². The average molecular weight is 769 g/mol. The summed E-state index contributed by atoms with van der Waals surface area (Å²) in [6.45, 7) is 15.7. The minimum absolute atomic E-state index is 0.0269. The Morgan fingerprint density at radius 3 is 1.53 bits per heavy atom. The Kier molecular flexibility index (Phi) is 8.12. The fourth-order valence-corrected chi connectivity index (χ4v) is 23.8. The van der Waals surface area contributed by atoms with Crippen LogP contribution < -0.4 is 4.90 Å². The lowest BCUT2D eigenvalue weighted by Gasteiger charge is -2.51. The second-order valence-electron chi connectivity index (χ2n) is 17.8. The highest BCUT2D eigenvalue weighted by Gasteiger charge is 2.59. The first-order valence-corrected chi connectivity index (χ1v) is 27.3. The molecule has 0 N–H and O–H groups in total. The summed E-state index contributed by atoms with van der Waals surface area (Å²) < 4.78 is 2.41. The summed E-state index contributed by atoms with van der Waals surface area (Å²) in [4.78, 5) is 2.45. The number of hydrogen-bond donors (Lipinski definition) is 0. The molecule has 57 heavy (non-hydrogen) atoms. The standard InChI is InChI=1S/C53H48N2Si2/c1-56(2,3)53(57(4,5)6)49-36-43(33-35-45(49)48-34-28-39-16-10-11-19-44(39)52(48)53)54(40-17-8-7-9-18-40)41-29-24-37(25-30-41)38-26-31-42(32-27-38)55-50-22-14-12-20-46(50)47-21-13-15-23-51(47)55/h7-36H,1-6H3. The predicted molar refractivity (Wildman–Crippen MR) is 251 cm³/mol. The monoisotopic (exact) mass is 768 g/mol. The Bertz CT molecular complexity index is 2900. The highest BCUT2D eigenvalue weighted by atomic mass is 28.4. The third-order valence-corrected chi connectivity index (χ3v) is 22.7. The van der Waals surface area contributed by atoms with Gasteiger partial charge in [-0.2, -0.15) is 0 Å². The molecule has 0 spiro atoms. The summed E-state index contributed by atoms with van der Waals surface area (Å²) in [6, 6.07) is 67.7. The topological polar surface area (TPSA) is 8.17 Å². The lowest BCUT2D eigenvalue weighted by Crippen LogP contribution is -2.63. The predicted octanol–water partition coefficient (Wildman–Crippen LogP) is 15.1. The van der Waals surface area contributed by atoms with E-state index < -0.39 is 16.1 Å². The summed E-state index contributed by atoms with van der Waals surface area (Å²) in [6.07, 6.45) is 0. The third-order valence-electron chi connectivity index (χ3n) is 12.7. The summed E-state index contributed by atoms with van der Waals surface area (Å²) in [5.74, 6) is 0. The molecule has 1 heterocycles. The van der Waals surface area contributed by atoms with Crippen LogP contribution in [-0.4, -0.2) is 20.7 Å². The first-order chi connectivity index (χ1) is 27.6. The number of aromatic nitrogens is 1. The lowest BCUT2D eigenvalue weighted by atomic mass is 9.99. The molecule has 0 bridgehead atoms. The molecule has 0 atom stereocenters. The van der Waals surface area contributed by atoms with E-state index in [1.807, 2.05) is 0 Å². The normalized spacial score (nSPS) is 13.6. The molecular formula is C53H48N2Si2. The Morgan fingerprint density at radius 2 is 0.912 bits per heavy atom. The van der Waals surface area contributed by atoms with Crippen LogP contribution in [0.2, 0.25) is 39.3 Å². The molecule has 10 rings (SSSR count). The van der Waals surface area contributed by atoms with Crippen LogP contribution in [0.4, 0.5) is 17.1 Å². The number of hydrogen-bond acceptors (Lipinski definition) is 1. The highest BCUT2D eigenvalue weighted by Crippen LogP contribution is 2.60. The quantitative estimate of drug-likeness (QED) is 0.147. The molecule has 9 aromatic rings. The van der Waals surface area contributed by atoms with E-state index in [2.05, 4.69) is 231 Å². The van der Waals surface area contributed by atoms with Gasteiger partial charge in [-0.15, -0.1) is 0 Å². The molecule has 0 radical (unpaired) electrons. The third kappa shape index (κ3) is 5.34. The van der Waals surface area contributed by atoms with E-state index in [9.17, 15) is 0 Å². The van der Waals surface area contributed by atoms with Gasteiger partial charge < -0.3 is 9.47 Å². The SMILES string of the molecule is C[Si](C)(C)C1([Si](C)(C)C)c2cc(N(c3ccccc3)c3ccc(-c4ccc(-n5c6ccccc6c6ccccc65)cc4)cc3)ccc2-c2ccc3ccccc3c21. The summed E-state index contributed by atoms with van der Waals surface area (Å²) >= 11 is 0. The van der Waals surface area contributed by atoms with Gasteiger partial charge in [-0.25, -0.2) is 0 Å². The van der Waals surface area contributed by atoms with Crippen molar-refractivity contribution >= 4 is 65.8 Å². The molecule has 0 unspecified atom stereocenters. The number of nitrogens with zero attached hydrogens (tertiary/aromatic N) is 2. The maximum absolute atomic E-state index is 2.61. The number of rotatable bonds is 7. The van der Waals surface area contributed by atoms with Crippen molar-refractivity contribution in [2.24, 2.45) is 0 Å². The molecule has 8 aromatic carbocycles. The average Bonchev–Trinajstić information content (AvgIpc) is 3.73. The van der Waals surface area contributed by atoms with Crippen LogP contribution in [0.1, 0.15) is 11.1 Å². The molecule has 1 aromatic heterocycles. The van der Waals surface area contributed by atoms with E-state index in [-0.39, 0.29) is 4.66 Å². The number of benzene rings is 8. The van der Waals surface area contributed by atoms with Crippen molar-refractivity contribution in [3.63, 3.8) is 0 Å². The summed E-state index contributed by atoms with van der Waals surface area (Å²) in [5, 5.41) is 5.33. The molecular weight excluding hydrogens is 721 g/mol. The maximum Gasteiger partial charge on any atom is 0.0579 e. The Balaban J connectivity index is 1.07. The van der Waals surface area contributed by atoms with E-state index in [4.69, 9.17) is 0 Å². The van der Waals surface area contributed by atoms with E-state index in [1.54, 1.807) is 5.56 Å². The number of fused-ring (bicyclic) bond motifs is 8. The molecule has 1 aliphatic rings. The molecule has 0 saturated heterocycles. The molecule has 2 nitrogen and oxygen atoms in total. The largest absolute Gasteiger partial charge is 0.310 e. The van der Waals surface area contributed by atoms with Crippen molar-refractivity contribution in [3.05, 3.63) is 193 Å². The zero-order chi connectivity index (χ0) is 39.1. The van der Waals surface area contributed by atoms with Crippen LogP contribution in [-0.2, 0) is 4.66 Å². The molecule has 0 fully saturated rings. The van der Waals surface area contributed by atoms with Crippen molar-refractivity contribution in [3.8, 4) is 27.9 Å². The number of anilines is 3. The van der Waals surface area contributed by atoms with Crippen LogP contribution in [0.5, 0.6) is 0 Å². The van der Waals surface area contributed by atoms with E-state index >= 15 is 0 Å². The van der Waals surface area contributed by atoms with Gasteiger partial charge in [-0.3, -0.25) is 0 Å². The molecule has 4 heteroatoms. The van der Waals surface area contributed by atoms with Gasteiger partial charge in [0.05, 0.1) is 27.2 Å². The summed E-state index contributed by atoms with van der Waals surface area (Å²) in [5.41, 5.74) is 15.5. The Morgan fingerprint density at radius 1 is 0.421 bits per heavy atom. The highest BCUT2D eigenvalue weighted by molar-refractivity contribution is 7.00. The van der Waals surface area contributed by atoms with Gasteiger partial charge >= 0.3 is 0 Å². The summed E-state index contributed by atoms with van der Waals surface area (Å²) in [7, 11) is -3.80. The van der Waals surface area contributed by atoms with Gasteiger partial charge in [-0.1, -0.05) is 161 Å². The molecule has 0 saturated carbocycles. The van der Waals surface area contributed by atoms with Crippen molar-refractivity contribution in [1.82, 2.24) is 4.57 Å². The van der Waals surface area contributed by atoms with Gasteiger partial charge in [0.15, 0.2) is 0 Å². The first-order valence-electron chi connectivity index (χ1n) is 20.3. The van der Waals surface area contributed by atoms with Crippen LogP contribution in [0, 0.1) is 0 Å². The van der Waals surface area contributed by atoms with Gasteiger partial charge in [-0.05, 0) is 105 Å². The molecule has 0 aliphatic heterocycles. The van der Waals surface area contributed by atoms with Gasteiger partial charge in [0.1, 0.15) is 0 Å². The van der Waals surface area contributed by atoms with E-state index in [0.29, 0.717) is 0 Å². The van der Waals surface area contributed by atoms with E-state index in [0.717, 1.165) is 11.4 Å².